The molecule has 1 N–H and O–H groups in total. The molecule has 1 aromatic heterocycles. The first kappa shape index (κ1) is 11.1. The molecule has 0 atom stereocenters. The van der Waals surface area contributed by atoms with Gasteiger partial charge in [0, 0.05) is 13.1 Å². The average Bonchev–Trinajstić information content (AvgIpc) is 2.69. The van der Waals surface area contributed by atoms with Crippen molar-refractivity contribution in [1.29, 1.82) is 0 Å². The summed E-state index contributed by atoms with van der Waals surface area (Å²) in [6.45, 7) is 1.99. The molecule has 0 radical (unpaired) electrons. The minimum atomic E-state index is -3.28. The summed E-state index contributed by atoms with van der Waals surface area (Å²) in [4.78, 5) is 2.14. The standard InChI is InChI=1S/C9H14N4O2S/c1-16(14,15)12-8-4-5-9(11-10-8)13-6-2-3-7-13/h4-5H,2-3,6-7H2,1H3,(H,10,12). The van der Waals surface area contributed by atoms with E-state index in [0.29, 0.717) is 0 Å². The number of hydrogen-bond donors (Lipinski definition) is 1. The summed E-state index contributed by atoms with van der Waals surface area (Å²) < 4.78 is 24.2. The first-order valence-electron chi connectivity index (χ1n) is 5.11. The number of hydrogen-bond acceptors (Lipinski definition) is 5. The van der Waals surface area contributed by atoms with Crippen molar-refractivity contribution in [2.45, 2.75) is 12.8 Å². The molecule has 1 aliphatic rings. The number of nitrogens with zero attached hydrogens (tertiary/aromatic N) is 3. The van der Waals surface area contributed by atoms with Crippen LogP contribution in [-0.2, 0) is 10.0 Å². The van der Waals surface area contributed by atoms with E-state index in [1.54, 1.807) is 12.1 Å². The summed E-state index contributed by atoms with van der Waals surface area (Å²) >= 11 is 0. The van der Waals surface area contributed by atoms with Gasteiger partial charge in [-0.3, -0.25) is 4.72 Å². The lowest BCUT2D eigenvalue weighted by molar-refractivity contribution is 0.606. The lowest BCUT2D eigenvalue weighted by atomic mass is 10.4. The molecule has 0 aromatic carbocycles. The van der Waals surface area contributed by atoms with Crippen molar-refractivity contribution in [2.24, 2.45) is 0 Å². The van der Waals surface area contributed by atoms with Gasteiger partial charge in [0.1, 0.15) is 0 Å². The van der Waals surface area contributed by atoms with Gasteiger partial charge in [0.15, 0.2) is 11.6 Å². The van der Waals surface area contributed by atoms with Crippen molar-refractivity contribution in [3.05, 3.63) is 12.1 Å². The third-order valence-corrected chi connectivity index (χ3v) is 2.95. The number of sulfonamides is 1. The molecule has 0 bridgehead atoms. The van der Waals surface area contributed by atoms with E-state index in [4.69, 9.17) is 0 Å². The Morgan fingerprint density at radius 1 is 1.25 bits per heavy atom. The van der Waals surface area contributed by atoms with Crippen molar-refractivity contribution in [3.8, 4) is 0 Å². The number of aromatic nitrogens is 2. The van der Waals surface area contributed by atoms with Gasteiger partial charge in [-0.05, 0) is 25.0 Å². The first-order valence-corrected chi connectivity index (χ1v) is 7.00. The highest BCUT2D eigenvalue weighted by atomic mass is 32.2. The van der Waals surface area contributed by atoms with Crippen LogP contribution in [0.3, 0.4) is 0 Å². The molecule has 16 heavy (non-hydrogen) atoms. The van der Waals surface area contributed by atoms with Gasteiger partial charge in [-0.1, -0.05) is 0 Å². The highest BCUT2D eigenvalue weighted by Gasteiger charge is 2.14. The third kappa shape index (κ3) is 2.82. The molecule has 0 unspecified atom stereocenters. The fourth-order valence-electron chi connectivity index (χ4n) is 1.68. The maximum atomic E-state index is 11.0. The number of nitrogens with one attached hydrogen (secondary N) is 1. The van der Waals surface area contributed by atoms with Crippen molar-refractivity contribution < 1.29 is 8.42 Å². The Hall–Kier alpha value is -1.37. The summed E-state index contributed by atoms with van der Waals surface area (Å²) in [6, 6.07) is 3.41. The summed E-state index contributed by atoms with van der Waals surface area (Å²) in [5.74, 6) is 1.06. The Balaban J connectivity index is 2.10. The number of rotatable bonds is 3. The van der Waals surface area contributed by atoms with Gasteiger partial charge in [-0.25, -0.2) is 8.42 Å². The normalized spacial score (nSPS) is 16.4. The maximum Gasteiger partial charge on any atom is 0.231 e. The monoisotopic (exact) mass is 242 g/mol. The topological polar surface area (TPSA) is 75.2 Å². The van der Waals surface area contributed by atoms with Gasteiger partial charge in [0.2, 0.25) is 10.0 Å². The molecule has 6 nitrogen and oxygen atoms in total. The quantitative estimate of drug-likeness (QED) is 0.832. The molecule has 1 saturated heterocycles. The largest absolute Gasteiger partial charge is 0.355 e. The molecule has 0 aliphatic carbocycles. The summed E-state index contributed by atoms with van der Waals surface area (Å²) in [7, 11) is -3.28. The van der Waals surface area contributed by atoms with E-state index in [-0.39, 0.29) is 5.82 Å². The Bertz CT molecular complexity index is 451. The van der Waals surface area contributed by atoms with Crippen molar-refractivity contribution in [1.82, 2.24) is 10.2 Å². The Morgan fingerprint density at radius 2 is 1.94 bits per heavy atom. The Labute approximate surface area is 94.7 Å². The summed E-state index contributed by atoms with van der Waals surface area (Å²) in [5.41, 5.74) is 0. The van der Waals surface area contributed by atoms with E-state index in [1.165, 1.54) is 12.8 Å². The second kappa shape index (κ2) is 4.25. The van der Waals surface area contributed by atoms with Crippen LogP contribution in [0.25, 0.3) is 0 Å². The zero-order valence-corrected chi connectivity index (χ0v) is 9.87. The average molecular weight is 242 g/mol. The first-order chi connectivity index (χ1) is 7.54. The molecule has 2 heterocycles. The molecule has 1 aromatic rings. The van der Waals surface area contributed by atoms with Crippen LogP contribution in [0, 0.1) is 0 Å². The highest BCUT2D eigenvalue weighted by Crippen LogP contribution is 2.17. The predicted molar refractivity (Wildman–Crippen MR) is 61.9 cm³/mol. The van der Waals surface area contributed by atoms with Gasteiger partial charge in [-0.15, -0.1) is 10.2 Å². The van der Waals surface area contributed by atoms with E-state index >= 15 is 0 Å². The van der Waals surface area contributed by atoms with Gasteiger partial charge in [0.25, 0.3) is 0 Å². The Kier molecular flexibility index (Phi) is 2.95. The van der Waals surface area contributed by atoms with Gasteiger partial charge in [-0.2, -0.15) is 0 Å². The van der Waals surface area contributed by atoms with Crippen LogP contribution >= 0.6 is 0 Å². The molecular formula is C9H14N4O2S. The van der Waals surface area contributed by atoms with Crippen molar-refractivity contribution in [3.63, 3.8) is 0 Å². The van der Waals surface area contributed by atoms with Crippen LogP contribution < -0.4 is 9.62 Å². The van der Waals surface area contributed by atoms with E-state index in [0.717, 1.165) is 25.2 Å². The van der Waals surface area contributed by atoms with Crippen LogP contribution in [0.15, 0.2) is 12.1 Å². The molecule has 0 spiro atoms. The predicted octanol–water partition coefficient (Wildman–Crippen LogP) is 0.448. The Morgan fingerprint density at radius 3 is 2.44 bits per heavy atom. The number of anilines is 2. The maximum absolute atomic E-state index is 11.0. The lowest BCUT2D eigenvalue weighted by Gasteiger charge is -2.15. The molecule has 1 fully saturated rings. The molecule has 7 heteroatoms. The van der Waals surface area contributed by atoms with Gasteiger partial charge >= 0.3 is 0 Å². The molecular weight excluding hydrogens is 228 g/mol. The van der Waals surface area contributed by atoms with Crippen LogP contribution in [0.1, 0.15) is 12.8 Å². The zero-order chi connectivity index (χ0) is 11.6. The molecule has 0 amide bonds. The van der Waals surface area contributed by atoms with E-state index < -0.39 is 10.0 Å². The van der Waals surface area contributed by atoms with Crippen LogP contribution in [-0.4, -0.2) is 38.0 Å². The van der Waals surface area contributed by atoms with Crippen LogP contribution in [0.2, 0.25) is 0 Å². The van der Waals surface area contributed by atoms with Gasteiger partial charge < -0.3 is 4.90 Å². The minimum absolute atomic E-state index is 0.255. The third-order valence-electron chi connectivity index (χ3n) is 2.37. The van der Waals surface area contributed by atoms with Gasteiger partial charge in [0.05, 0.1) is 6.26 Å². The van der Waals surface area contributed by atoms with Crippen molar-refractivity contribution >= 4 is 21.7 Å². The molecule has 88 valence electrons. The SMILES string of the molecule is CS(=O)(=O)Nc1ccc(N2CCCC2)nn1. The lowest BCUT2D eigenvalue weighted by Crippen LogP contribution is -2.19. The second-order valence-electron chi connectivity index (χ2n) is 3.85. The van der Waals surface area contributed by atoms with Crippen LogP contribution in [0.5, 0.6) is 0 Å². The fourth-order valence-corrected chi connectivity index (χ4v) is 2.17. The van der Waals surface area contributed by atoms with Crippen LogP contribution in [0.4, 0.5) is 11.6 Å². The van der Waals surface area contributed by atoms with E-state index in [9.17, 15) is 8.42 Å². The fraction of sp³-hybridized carbons (Fsp3) is 0.556. The minimum Gasteiger partial charge on any atom is -0.355 e. The van der Waals surface area contributed by atoms with E-state index in [2.05, 4.69) is 19.8 Å². The molecule has 1 aliphatic heterocycles. The van der Waals surface area contributed by atoms with E-state index in [1.807, 2.05) is 0 Å². The van der Waals surface area contributed by atoms with Crippen molar-refractivity contribution in [2.75, 3.05) is 29.0 Å². The highest BCUT2D eigenvalue weighted by molar-refractivity contribution is 7.92. The summed E-state index contributed by atoms with van der Waals surface area (Å²) in [6.07, 6.45) is 3.43. The molecule has 0 saturated carbocycles. The zero-order valence-electron chi connectivity index (χ0n) is 9.05. The summed E-state index contributed by atoms with van der Waals surface area (Å²) in [5, 5.41) is 7.82. The molecule has 2 rings (SSSR count). The smallest absolute Gasteiger partial charge is 0.231 e. The second-order valence-corrected chi connectivity index (χ2v) is 5.59.